The van der Waals surface area contributed by atoms with Gasteiger partial charge in [-0.25, -0.2) is 0 Å². The summed E-state index contributed by atoms with van der Waals surface area (Å²) in [5.41, 5.74) is 1.02. The normalized spacial score (nSPS) is 16.8. The summed E-state index contributed by atoms with van der Waals surface area (Å²) < 4.78 is 5.24. The first-order valence-corrected chi connectivity index (χ1v) is 7.73. The summed E-state index contributed by atoms with van der Waals surface area (Å²) >= 11 is 0. The maximum absolute atomic E-state index is 12.6. The number of amides is 1. The van der Waals surface area contributed by atoms with Crippen molar-refractivity contribution in [1.82, 2.24) is 10.2 Å². The molecule has 1 amide bonds. The lowest BCUT2D eigenvalue weighted by Gasteiger charge is -2.33. The van der Waals surface area contributed by atoms with Gasteiger partial charge in [0.1, 0.15) is 5.75 Å². The molecular formula is C17H27ClN2O2. The zero-order valence-corrected chi connectivity index (χ0v) is 14.5. The first-order chi connectivity index (χ1) is 10.2. The maximum atomic E-state index is 12.6. The van der Waals surface area contributed by atoms with Crippen LogP contribution >= 0.6 is 12.4 Å². The molecule has 1 N–H and O–H groups in total. The monoisotopic (exact) mass is 326 g/mol. The minimum absolute atomic E-state index is 0. The number of likely N-dealkylation sites (tertiary alicyclic amines) is 1. The molecule has 1 aliphatic rings. The minimum atomic E-state index is -0.110. The molecule has 4 nitrogen and oxygen atoms in total. The van der Waals surface area contributed by atoms with E-state index in [4.69, 9.17) is 4.74 Å². The van der Waals surface area contributed by atoms with E-state index in [-0.39, 0.29) is 24.2 Å². The molecule has 1 unspecified atom stereocenters. The van der Waals surface area contributed by atoms with Crippen molar-refractivity contribution >= 4 is 18.3 Å². The number of hydrogen-bond acceptors (Lipinski definition) is 3. The van der Waals surface area contributed by atoms with Gasteiger partial charge in [0.2, 0.25) is 5.91 Å². The molecule has 0 radical (unpaired) electrons. The van der Waals surface area contributed by atoms with E-state index in [2.05, 4.69) is 5.32 Å². The topological polar surface area (TPSA) is 41.6 Å². The summed E-state index contributed by atoms with van der Waals surface area (Å²) in [7, 11) is 3.64. The Morgan fingerprint density at radius 1 is 1.41 bits per heavy atom. The van der Waals surface area contributed by atoms with Crippen LogP contribution in [0, 0.1) is 5.92 Å². The average molecular weight is 327 g/mol. The van der Waals surface area contributed by atoms with Gasteiger partial charge in [-0.15, -0.1) is 12.4 Å². The van der Waals surface area contributed by atoms with Gasteiger partial charge < -0.3 is 15.0 Å². The third-order valence-corrected chi connectivity index (χ3v) is 4.38. The molecule has 0 spiro atoms. The lowest BCUT2D eigenvalue weighted by molar-refractivity contribution is -0.133. The van der Waals surface area contributed by atoms with E-state index in [1.807, 2.05) is 43.1 Å². The van der Waals surface area contributed by atoms with Gasteiger partial charge in [-0.2, -0.15) is 0 Å². The number of carbonyl (C=O) groups is 1. The first-order valence-electron chi connectivity index (χ1n) is 7.73. The van der Waals surface area contributed by atoms with Gasteiger partial charge in [0.15, 0.2) is 0 Å². The highest BCUT2D eigenvalue weighted by molar-refractivity contribution is 5.85. The number of ether oxygens (including phenoxy) is 1. The van der Waals surface area contributed by atoms with E-state index >= 15 is 0 Å². The zero-order valence-electron chi connectivity index (χ0n) is 13.7. The fourth-order valence-corrected chi connectivity index (χ4v) is 2.97. The van der Waals surface area contributed by atoms with Gasteiger partial charge in [-0.3, -0.25) is 4.79 Å². The molecule has 0 aromatic heterocycles. The number of rotatable bonds is 5. The van der Waals surface area contributed by atoms with Crippen LogP contribution in [-0.4, -0.2) is 44.6 Å². The maximum Gasteiger partial charge on any atom is 0.229 e. The van der Waals surface area contributed by atoms with Crippen LogP contribution in [-0.2, 0) is 4.79 Å². The van der Waals surface area contributed by atoms with Crippen molar-refractivity contribution in [3.05, 3.63) is 29.8 Å². The summed E-state index contributed by atoms with van der Waals surface area (Å²) in [6, 6.07) is 7.80. The van der Waals surface area contributed by atoms with Gasteiger partial charge in [0.05, 0.1) is 13.0 Å². The number of benzene rings is 1. The molecule has 22 heavy (non-hydrogen) atoms. The first kappa shape index (κ1) is 18.8. The fraction of sp³-hybridized carbons (Fsp3) is 0.588. The number of hydrogen-bond donors (Lipinski definition) is 1. The van der Waals surface area contributed by atoms with Crippen LogP contribution in [0.25, 0.3) is 0 Å². The highest BCUT2D eigenvalue weighted by Crippen LogP contribution is 2.25. The quantitative estimate of drug-likeness (QED) is 0.904. The molecule has 124 valence electrons. The largest absolute Gasteiger partial charge is 0.497 e. The van der Waals surface area contributed by atoms with Crippen LogP contribution in [0.4, 0.5) is 0 Å². The second kappa shape index (κ2) is 9.01. The molecule has 2 rings (SSSR count). The molecule has 0 aliphatic carbocycles. The Labute approximate surface area is 139 Å². The molecule has 1 saturated heterocycles. The average Bonchev–Trinajstić information content (AvgIpc) is 2.54. The van der Waals surface area contributed by atoms with E-state index in [0.29, 0.717) is 5.92 Å². The number of piperidine rings is 1. The van der Waals surface area contributed by atoms with Crippen LogP contribution in [0.3, 0.4) is 0 Å². The number of halogens is 1. The van der Waals surface area contributed by atoms with E-state index < -0.39 is 0 Å². The molecule has 1 aliphatic heterocycles. The number of nitrogens with zero attached hydrogens (tertiary/aromatic N) is 1. The molecule has 1 fully saturated rings. The molecular weight excluding hydrogens is 300 g/mol. The van der Waals surface area contributed by atoms with Crippen LogP contribution in [0.5, 0.6) is 5.75 Å². The smallest absolute Gasteiger partial charge is 0.229 e. The second-order valence-electron chi connectivity index (χ2n) is 5.82. The Morgan fingerprint density at radius 3 is 2.68 bits per heavy atom. The minimum Gasteiger partial charge on any atom is -0.497 e. The summed E-state index contributed by atoms with van der Waals surface area (Å²) in [4.78, 5) is 14.6. The summed E-state index contributed by atoms with van der Waals surface area (Å²) in [5.74, 6) is 1.62. The highest BCUT2D eigenvalue weighted by Gasteiger charge is 2.26. The molecule has 1 atom stereocenters. The molecule has 5 heteroatoms. The Balaban J connectivity index is 0.00000242. The standard InChI is InChI=1S/C17H26N2O2.ClH/c1-13(15-5-4-6-16(11-15)21-3)17(20)19-9-7-14(8-10-19)12-18-2;/h4-6,11,13-14,18H,7-10,12H2,1-3H3;1H. The molecule has 1 aromatic rings. The van der Waals surface area contributed by atoms with Crippen molar-refractivity contribution in [2.75, 3.05) is 33.8 Å². The molecule has 1 aromatic carbocycles. The van der Waals surface area contributed by atoms with Gasteiger partial charge in [-0.05, 0) is 57.0 Å². The van der Waals surface area contributed by atoms with Crippen molar-refractivity contribution in [1.29, 1.82) is 0 Å². The third kappa shape index (κ3) is 4.62. The Kier molecular flexibility index (Phi) is 7.69. The lowest BCUT2D eigenvalue weighted by Crippen LogP contribution is -2.42. The predicted molar refractivity (Wildman–Crippen MR) is 91.9 cm³/mol. The summed E-state index contributed by atoms with van der Waals surface area (Å²) in [5, 5.41) is 3.23. The highest BCUT2D eigenvalue weighted by atomic mass is 35.5. The summed E-state index contributed by atoms with van der Waals surface area (Å²) in [6.45, 7) is 4.78. The van der Waals surface area contributed by atoms with Crippen molar-refractivity contribution < 1.29 is 9.53 Å². The van der Waals surface area contributed by atoms with Crippen LogP contribution in [0.1, 0.15) is 31.2 Å². The predicted octanol–water partition coefficient (Wildman–Crippen LogP) is 2.68. The molecule has 1 heterocycles. The van der Waals surface area contributed by atoms with Gasteiger partial charge in [0, 0.05) is 13.1 Å². The number of methoxy groups -OCH3 is 1. The lowest BCUT2D eigenvalue weighted by atomic mass is 9.94. The van der Waals surface area contributed by atoms with E-state index in [0.717, 1.165) is 43.8 Å². The van der Waals surface area contributed by atoms with Crippen molar-refractivity contribution in [2.45, 2.75) is 25.7 Å². The SMILES string of the molecule is CNCC1CCN(C(=O)C(C)c2cccc(OC)c2)CC1.Cl. The number of nitrogens with one attached hydrogen (secondary N) is 1. The molecule has 0 bridgehead atoms. The third-order valence-electron chi connectivity index (χ3n) is 4.38. The second-order valence-corrected chi connectivity index (χ2v) is 5.82. The molecule has 0 saturated carbocycles. The van der Waals surface area contributed by atoms with Crippen LogP contribution < -0.4 is 10.1 Å². The van der Waals surface area contributed by atoms with Crippen molar-refractivity contribution in [3.8, 4) is 5.75 Å². The number of carbonyl (C=O) groups excluding carboxylic acids is 1. The van der Waals surface area contributed by atoms with Crippen LogP contribution in [0.15, 0.2) is 24.3 Å². The van der Waals surface area contributed by atoms with Crippen LogP contribution in [0.2, 0.25) is 0 Å². The summed E-state index contributed by atoms with van der Waals surface area (Å²) in [6.07, 6.45) is 2.19. The van der Waals surface area contributed by atoms with Gasteiger partial charge in [-0.1, -0.05) is 12.1 Å². The van der Waals surface area contributed by atoms with Gasteiger partial charge >= 0.3 is 0 Å². The van der Waals surface area contributed by atoms with E-state index in [1.165, 1.54) is 0 Å². The Morgan fingerprint density at radius 2 is 2.09 bits per heavy atom. The fourth-order valence-electron chi connectivity index (χ4n) is 2.97. The zero-order chi connectivity index (χ0) is 15.2. The van der Waals surface area contributed by atoms with Crippen molar-refractivity contribution in [2.24, 2.45) is 5.92 Å². The van der Waals surface area contributed by atoms with Crippen molar-refractivity contribution in [3.63, 3.8) is 0 Å². The Hall–Kier alpha value is -1.26. The Bertz CT molecular complexity index is 473. The van der Waals surface area contributed by atoms with Gasteiger partial charge in [0.25, 0.3) is 0 Å². The van der Waals surface area contributed by atoms with E-state index in [9.17, 15) is 4.79 Å². The van der Waals surface area contributed by atoms with E-state index in [1.54, 1.807) is 7.11 Å².